The van der Waals surface area contributed by atoms with E-state index in [1.54, 1.807) is 26.8 Å². The molecule has 11 nitrogen and oxygen atoms in total. The minimum absolute atomic E-state index is 0.119. The van der Waals surface area contributed by atoms with Crippen LogP contribution in [0.25, 0.3) is 0 Å². The zero-order valence-electron chi connectivity index (χ0n) is 29.0. The van der Waals surface area contributed by atoms with Crippen LogP contribution in [0.5, 0.6) is 0 Å². The van der Waals surface area contributed by atoms with Crippen LogP contribution in [0.4, 0.5) is 10.9 Å². The number of anilines is 2. The molecule has 1 fully saturated rings. The first-order chi connectivity index (χ1) is 20.1. The SMILES string of the molecule is CC(C)(C)c1cc(NC(=O)C(C)(C)S(=O)(=O)C2CCCC2)no1.CC(C)(C)c1csc(NC(=O)C(C)(C)S(=O)(=O)C(C)(C)C)n1. The van der Waals surface area contributed by atoms with E-state index in [4.69, 9.17) is 4.52 Å². The first-order valence-corrected chi connectivity index (χ1v) is 19.0. The second kappa shape index (κ2) is 13.1. The number of carbonyl (C=O) groups excluding carboxylic acids is 2. The molecule has 2 aromatic heterocycles. The highest BCUT2D eigenvalue weighted by Gasteiger charge is 2.49. The van der Waals surface area contributed by atoms with Crippen LogP contribution in [0.3, 0.4) is 0 Å². The van der Waals surface area contributed by atoms with Crippen LogP contribution in [0.2, 0.25) is 0 Å². The normalized spacial score (nSPS) is 15.8. The fourth-order valence-corrected chi connectivity index (χ4v) is 9.36. The van der Waals surface area contributed by atoms with E-state index < -0.39 is 51.0 Å². The van der Waals surface area contributed by atoms with Gasteiger partial charge in [-0.3, -0.25) is 9.59 Å². The number of sulfone groups is 2. The molecule has 45 heavy (non-hydrogen) atoms. The minimum atomic E-state index is -3.65. The Balaban J connectivity index is 0.000000314. The number of hydrogen-bond donors (Lipinski definition) is 2. The molecule has 0 radical (unpaired) electrons. The number of rotatable bonds is 7. The first kappa shape index (κ1) is 38.9. The summed E-state index contributed by atoms with van der Waals surface area (Å²) in [5, 5.41) is 10.9. The Kier molecular flexibility index (Phi) is 11.3. The third-order valence-corrected chi connectivity index (χ3v) is 14.9. The molecule has 0 spiro atoms. The fourth-order valence-electron chi connectivity index (χ4n) is 4.51. The van der Waals surface area contributed by atoms with Crippen LogP contribution >= 0.6 is 11.3 Å². The summed E-state index contributed by atoms with van der Waals surface area (Å²) >= 11 is 1.30. The van der Waals surface area contributed by atoms with Crippen molar-refractivity contribution in [2.24, 2.45) is 0 Å². The van der Waals surface area contributed by atoms with Crippen LogP contribution in [0.15, 0.2) is 16.0 Å². The van der Waals surface area contributed by atoms with E-state index >= 15 is 0 Å². The Morgan fingerprint density at radius 2 is 1.31 bits per heavy atom. The standard InChI is InChI=1S/C16H26N2O4S.C15H26N2O3S2/c1-15(2,3)12-10-13(18-22-12)17-14(19)16(4,5)23(20,21)11-8-6-7-9-11;1-13(2,3)10-9-21-12(16-10)17-11(18)15(7,8)22(19,20)14(4,5)6/h10-11H,6-9H2,1-5H3,(H,17,18,19);9H,1-8H3,(H,16,17,18). The summed E-state index contributed by atoms with van der Waals surface area (Å²) < 4.78 is 51.9. The second-order valence-electron chi connectivity index (χ2n) is 15.6. The summed E-state index contributed by atoms with van der Waals surface area (Å²) in [4.78, 5) is 29.4. The van der Waals surface area contributed by atoms with E-state index in [1.807, 2.05) is 46.9 Å². The van der Waals surface area contributed by atoms with Crippen LogP contribution < -0.4 is 10.6 Å². The lowest BCUT2D eigenvalue weighted by molar-refractivity contribution is -0.118. The number of nitrogens with one attached hydrogen (secondary N) is 2. The summed E-state index contributed by atoms with van der Waals surface area (Å²) in [5.74, 6) is -0.255. The summed E-state index contributed by atoms with van der Waals surface area (Å²) in [7, 11) is -7.20. The molecule has 0 unspecified atom stereocenters. The number of amides is 2. The van der Waals surface area contributed by atoms with Gasteiger partial charge in [-0.1, -0.05) is 59.5 Å². The van der Waals surface area contributed by atoms with Gasteiger partial charge in [0.05, 0.1) is 15.7 Å². The molecular weight excluding hydrogens is 637 g/mol. The molecule has 1 saturated carbocycles. The highest BCUT2D eigenvalue weighted by Crippen LogP contribution is 2.34. The van der Waals surface area contributed by atoms with Crippen LogP contribution in [0, 0.1) is 0 Å². The van der Waals surface area contributed by atoms with Crippen molar-refractivity contribution >= 4 is 53.8 Å². The summed E-state index contributed by atoms with van der Waals surface area (Å²) in [5.41, 5.74) is 0.512. The first-order valence-electron chi connectivity index (χ1n) is 15.1. The Morgan fingerprint density at radius 3 is 1.73 bits per heavy atom. The molecule has 2 heterocycles. The lowest BCUT2D eigenvalue weighted by Crippen LogP contribution is -2.51. The third-order valence-electron chi connectivity index (χ3n) is 8.01. The third kappa shape index (κ3) is 8.54. The van der Waals surface area contributed by atoms with Crippen LogP contribution in [0.1, 0.15) is 127 Å². The zero-order valence-corrected chi connectivity index (χ0v) is 31.5. The molecule has 2 N–H and O–H groups in total. The minimum Gasteiger partial charge on any atom is -0.359 e. The molecule has 2 aromatic rings. The number of carbonyl (C=O) groups is 2. The maximum atomic E-state index is 12.7. The van der Waals surface area contributed by atoms with E-state index in [-0.39, 0.29) is 16.6 Å². The molecule has 14 heteroatoms. The van der Waals surface area contributed by atoms with E-state index in [2.05, 4.69) is 20.8 Å². The molecule has 0 aliphatic heterocycles. The van der Waals surface area contributed by atoms with Crippen LogP contribution in [-0.4, -0.2) is 58.3 Å². The fraction of sp³-hybridized carbons (Fsp3) is 0.742. The van der Waals surface area contributed by atoms with Gasteiger partial charge in [-0.05, 0) is 61.3 Å². The molecule has 256 valence electrons. The van der Waals surface area contributed by atoms with Crippen LogP contribution in [-0.2, 0) is 40.1 Å². The van der Waals surface area contributed by atoms with Gasteiger partial charge in [0.25, 0.3) is 0 Å². The van der Waals surface area contributed by atoms with E-state index in [0.29, 0.717) is 23.7 Å². The zero-order chi connectivity index (χ0) is 35.0. The number of aromatic nitrogens is 2. The highest BCUT2D eigenvalue weighted by molar-refractivity contribution is 7.95. The van der Waals surface area contributed by atoms with Crippen molar-refractivity contribution in [3.05, 3.63) is 22.9 Å². The van der Waals surface area contributed by atoms with Crippen molar-refractivity contribution in [3.8, 4) is 0 Å². The molecule has 1 aliphatic carbocycles. The maximum Gasteiger partial charge on any atom is 0.247 e. The smallest absolute Gasteiger partial charge is 0.247 e. The lowest BCUT2D eigenvalue weighted by Gasteiger charge is -2.31. The van der Waals surface area contributed by atoms with Gasteiger partial charge in [0, 0.05) is 22.3 Å². The second-order valence-corrected chi connectivity index (χ2v) is 22.5. The average molecular weight is 689 g/mol. The topological polar surface area (TPSA) is 165 Å². The van der Waals surface area contributed by atoms with Gasteiger partial charge >= 0.3 is 0 Å². The molecule has 0 saturated heterocycles. The van der Waals surface area contributed by atoms with Gasteiger partial charge in [0.2, 0.25) is 11.8 Å². The quantitative estimate of drug-likeness (QED) is 0.334. The summed E-state index contributed by atoms with van der Waals surface area (Å²) in [6.07, 6.45) is 3.08. The molecule has 1 aliphatic rings. The van der Waals surface area contributed by atoms with E-state index in [0.717, 1.165) is 18.5 Å². The van der Waals surface area contributed by atoms with Gasteiger partial charge in [-0.2, -0.15) is 0 Å². The Bertz CT molecular complexity index is 1580. The monoisotopic (exact) mass is 688 g/mol. The summed E-state index contributed by atoms with van der Waals surface area (Å²) in [6, 6.07) is 1.64. The maximum absolute atomic E-state index is 12.7. The van der Waals surface area contributed by atoms with Crippen molar-refractivity contribution < 1.29 is 30.9 Å². The number of nitrogens with zero attached hydrogens (tertiary/aromatic N) is 2. The molecule has 2 amide bonds. The Morgan fingerprint density at radius 1 is 0.800 bits per heavy atom. The van der Waals surface area contributed by atoms with Gasteiger partial charge in [0.1, 0.15) is 15.3 Å². The molecular formula is C31H52N4O7S3. The number of thiazole rings is 1. The largest absolute Gasteiger partial charge is 0.359 e. The van der Waals surface area contributed by atoms with Gasteiger partial charge < -0.3 is 15.2 Å². The molecule has 0 aromatic carbocycles. The van der Waals surface area contributed by atoms with Gasteiger partial charge in [-0.25, -0.2) is 21.8 Å². The van der Waals surface area contributed by atoms with Crippen molar-refractivity contribution in [1.82, 2.24) is 10.1 Å². The van der Waals surface area contributed by atoms with Gasteiger partial charge in [-0.15, -0.1) is 11.3 Å². The lowest BCUT2D eigenvalue weighted by atomic mass is 9.93. The predicted octanol–water partition coefficient (Wildman–Crippen LogP) is 6.42. The summed E-state index contributed by atoms with van der Waals surface area (Å²) in [6.45, 7) is 22.6. The highest BCUT2D eigenvalue weighted by atomic mass is 32.2. The van der Waals surface area contributed by atoms with Crippen molar-refractivity contribution in [1.29, 1.82) is 0 Å². The van der Waals surface area contributed by atoms with E-state index in [9.17, 15) is 26.4 Å². The van der Waals surface area contributed by atoms with Crippen molar-refractivity contribution in [2.45, 2.75) is 146 Å². The predicted molar refractivity (Wildman–Crippen MR) is 181 cm³/mol. The molecule has 3 rings (SSSR count). The molecule has 0 bridgehead atoms. The Hall–Kier alpha value is -2.32. The Labute approximate surface area is 273 Å². The number of hydrogen-bond acceptors (Lipinski definition) is 10. The van der Waals surface area contributed by atoms with E-state index in [1.165, 1.54) is 39.0 Å². The average Bonchev–Trinajstić information content (AvgIpc) is 3.64. The van der Waals surface area contributed by atoms with Crippen molar-refractivity contribution in [2.75, 3.05) is 10.6 Å². The van der Waals surface area contributed by atoms with Crippen molar-refractivity contribution in [3.63, 3.8) is 0 Å². The van der Waals surface area contributed by atoms with Gasteiger partial charge in [0.15, 0.2) is 30.6 Å². The molecule has 0 atom stereocenters.